The minimum absolute atomic E-state index is 0.0251. The van der Waals surface area contributed by atoms with Crippen LogP contribution in [0.25, 0.3) is 0 Å². The first-order chi connectivity index (χ1) is 21.4. The van der Waals surface area contributed by atoms with E-state index in [-0.39, 0.29) is 28.5 Å². The molecule has 3 aliphatic rings. The van der Waals surface area contributed by atoms with Crippen molar-refractivity contribution in [1.82, 2.24) is 4.59 Å². The highest BCUT2D eigenvalue weighted by molar-refractivity contribution is 6.13. The van der Waals surface area contributed by atoms with E-state index >= 15 is 0 Å². The zero-order chi connectivity index (χ0) is 30.9. The van der Waals surface area contributed by atoms with Crippen molar-refractivity contribution in [2.75, 3.05) is 10.6 Å². The molecule has 1 unspecified atom stereocenters. The highest BCUT2D eigenvalue weighted by Crippen LogP contribution is 2.40. The highest BCUT2D eigenvalue weighted by atomic mass is 16.2. The lowest BCUT2D eigenvalue weighted by Gasteiger charge is -2.37. The Balaban J connectivity index is 1.61. The molecule has 2 aromatic carbocycles. The second-order valence-corrected chi connectivity index (χ2v) is 13.7. The quantitative estimate of drug-likeness (QED) is 0.289. The number of para-hydroxylation sites is 1. The molecule has 7 heteroatoms. The summed E-state index contributed by atoms with van der Waals surface area (Å²) in [6.07, 6.45) is 18.8. The molecular weight excluding hydrogens is 546 g/mol. The summed E-state index contributed by atoms with van der Waals surface area (Å²) in [7, 11) is 0. The molecule has 1 heterocycles. The fourth-order valence-corrected chi connectivity index (χ4v) is 7.41. The first-order valence-corrected chi connectivity index (χ1v) is 17.5. The zero-order valence-corrected chi connectivity index (χ0v) is 27.0. The largest absolute Gasteiger partial charge is 0.452 e. The minimum Gasteiger partial charge on any atom is -0.325 e. The Morgan fingerprint density at radius 2 is 1.36 bits per heavy atom. The normalized spacial score (nSPS) is 23.7. The van der Waals surface area contributed by atoms with Crippen molar-refractivity contribution in [3.8, 4) is 0 Å². The molecule has 2 fully saturated rings. The Hall–Kier alpha value is -3.03. The molecule has 1 aliphatic heterocycles. The van der Waals surface area contributed by atoms with Crippen molar-refractivity contribution in [3.05, 3.63) is 54.1 Å². The monoisotopic (exact) mass is 600 g/mol. The lowest BCUT2D eigenvalue weighted by Crippen LogP contribution is -2.59. The van der Waals surface area contributed by atoms with Crippen molar-refractivity contribution in [2.45, 2.75) is 129 Å². The summed E-state index contributed by atoms with van der Waals surface area (Å²) in [6, 6.07) is 15.4. The minimum atomic E-state index is -0.582. The van der Waals surface area contributed by atoms with Crippen LogP contribution in [0.4, 0.5) is 21.9 Å². The van der Waals surface area contributed by atoms with Crippen LogP contribution in [0.2, 0.25) is 0 Å². The first kappa shape index (κ1) is 32.4. The number of hydrogen-bond donors (Lipinski definition) is 3. The van der Waals surface area contributed by atoms with Crippen LogP contribution in [0.1, 0.15) is 122 Å². The van der Waals surface area contributed by atoms with Crippen LogP contribution in [0, 0.1) is 11.8 Å². The summed E-state index contributed by atoms with van der Waals surface area (Å²) in [5, 5.41) is 12.0. The van der Waals surface area contributed by atoms with Gasteiger partial charge in [0.15, 0.2) is 5.69 Å². The predicted molar refractivity (Wildman–Crippen MR) is 183 cm³/mol. The van der Waals surface area contributed by atoms with Gasteiger partial charge in [-0.2, -0.15) is 0 Å². The van der Waals surface area contributed by atoms with Crippen molar-refractivity contribution in [3.63, 3.8) is 0 Å². The van der Waals surface area contributed by atoms with Crippen molar-refractivity contribution in [1.29, 1.82) is 0 Å². The average molecular weight is 601 g/mol. The number of urea groups is 1. The summed E-state index contributed by atoms with van der Waals surface area (Å²) in [5.41, 5.74) is 10.7. The molecule has 2 aliphatic carbocycles. The van der Waals surface area contributed by atoms with Crippen LogP contribution in [0.15, 0.2) is 53.6 Å². The van der Waals surface area contributed by atoms with E-state index in [0.717, 1.165) is 61.2 Å². The molecule has 0 aromatic heterocycles. The van der Waals surface area contributed by atoms with Gasteiger partial charge >= 0.3 is 6.03 Å². The molecule has 44 heavy (non-hydrogen) atoms. The lowest BCUT2D eigenvalue weighted by atomic mass is 9.83. The Morgan fingerprint density at radius 1 is 0.818 bits per heavy atom. The number of nitrogens with zero attached hydrogens (tertiary/aromatic N) is 2. The van der Waals surface area contributed by atoms with Crippen molar-refractivity contribution in [2.24, 2.45) is 22.7 Å². The summed E-state index contributed by atoms with van der Waals surface area (Å²) >= 11 is 0. The fourth-order valence-electron chi connectivity index (χ4n) is 7.41. The number of carbonyl (C=O) groups is 2. The van der Waals surface area contributed by atoms with E-state index in [1.807, 2.05) is 50.2 Å². The van der Waals surface area contributed by atoms with Gasteiger partial charge in [-0.05, 0) is 49.8 Å². The summed E-state index contributed by atoms with van der Waals surface area (Å²) in [5.74, 6) is 0.174. The molecule has 0 saturated heterocycles. The Morgan fingerprint density at radius 3 is 1.98 bits per heavy atom. The average Bonchev–Trinajstić information content (AvgIpc) is 3.16. The predicted octanol–water partition coefficient (Wildman–Crippen LogP) is 9.12. The van der Waals surface area contributed by atoms with E-state index in [1.165, 1.54) is 64.2 Å². The van der Waals surface area contributed by atoms with Crippen LogP contribution in [0.3, 0.4) is 0 Å². The number of nitrogens with one attached hydrogen (secondary N) is 2. The second-order valence-electron chi connectivity index (χ2n) is 13.7. The van der Waals surface area contributed by atoms with E-state index in [2.05, 4.69) is 22.8 Å². The number of hydrogen-bond acceptors (Lipinski definition) is 4. The van der Waals surface area contributed by atoms with Crippen LogP contribution in [-0.4, -0.2) is 29.7 Å². The molecule has 0 radical (unpaired) electrons. The molecule has 0 bridgehead atoms. The van der Waals surface area contributed by atoms with Gasteiger partial charge in [-0.25, -0.2) is 4.79 Å². The van der Waals surface area contributed by atoms with Gasteiger partial charge in [0.05, 0.1) is 11.7 Å². The molecule has 4 N–H and O–H groups in total. The van der Waals surface area contributed by atoms with E-state index in [9.17, 15) is 9.59 Å². The van der Waals surface area contributed by atoms with Crippen LogP contribution < -0.4 is 21.0 Å². The van der Waals surface area contributed by atoms with Gasteiger partial charge in [0.2, 0.25) is 5.91 Å². The molecule has 5 rings (SSSR count). The summed E-state index contributed by atoms with van der Waals surface area (Å²) in [4.78, 5) is 27.5. The van der Waals surface area contributed by atoms with Gasteiger partial charge in [0, 0.05) is 42.1 Å². The number of anilines is 2. The third-order valence-electron chi connectivity index (χ3n) is 10.2. The topological polar surface area (TPSA) is 96.6 Å². The third-order valence-corrected chi connectivity index (χ3v) is 10.2. The molecule has 238 valence electrons. The van der Waals surface area contributed by atoms with Crippen LogP contribution >= 0.6 is 0 Å². The number of rotatable bonds is 6. The second kappa shape index (κ2) is 15.3. The van der Waals surface area contributed by atoms with Crippen molar-refractivity contribution >= 4 is 34.7 Å². The van der Waals surface area contributed by atoms with Crippen LogP contribution in [-0.2, 0) is 4.79 Å². The van der Waals surface area contributed by atoms with E-state index in [1.54, 1.807) is 0 Å². The maximum atomic E-state index is 14.8. The summed E-state index contributed by atoms with van der Waals surface area (Å²) < 4.78 is -0.0692. The fraction of sp³-hybridized carbons (Fsp3) is 0.595. The van der Waals surface area contributed by atoms with Crippen molar-refractivity contribution < 1.29 is 9.59 Å². The Kier molecular flexibility index (Phi) is 11.3. The Bertz CT molecular complexity index is 1270. The lowest BCUT2D eigenvalue weighted by molar-refractivity contribution is -0.118. The van der Waals surface area contributed by atoms with E-state index in [0.29, 0.717) is 11.6 Å². The SMILES string of the molecule is CC(C)C(N)C(=O)Nc1ccc([N@+]2(C3CCCCCCCCCCC3)N=C(C3CCCCC3)c3ccccc3NC2=O)cc1. The third kappa shape index (κ3) is 7.43. The standard InChI is InChI=1S/C37H53N5O2/c1-27(2)34(38)36(43)39-29-23-25-31(26-24-29)42(30-19-13-8-6-4-3-5-7-9-14-20-30)37(44)40-33-22-16-15-21-32(33)35(41-42)28-17-11-10-12-18-28/h15-16,21-28,30,34H,3-14,17-20,38H2,1-2H3,(H-,39,40,41,43,44)/p+1/t34?,42-/m0/s1. The van der Waals surface area contributed by atoms with Gasteiger partial charge in [-0.15, -0.1) is 0 Å². The first-order valence-electron chi connectivity index (χ1n) is 17.5. The molecule has 2 saturated carbocycles. The number of amides is 3. The maximum absolute atomic E-state index is 14.8. The van der Waals surface area contributed by atoms with Gasteiger partial charge in [-0.1, -0.05) is 106 Å². The molecule has 2 atom stereocenters. The molecule has 7 nitrogen and oxygen atoms in total. The smallest absolute Gasteiger partial charge is 0.325 e. The number of benzene rings is 2. The van der Waals surface area contributed by atoms with Gasteiger partial charge in [0.25, 0.3) is 0 Å². The zero-order valence-electron chi connectivity index (χ0n) is 27.0. The van der Waals surface area contributed by atoms with Crippen LogP contribution in [0.5, 0.6) is 0 Å². The number of nitrogens with two attached hydrogens (primary N) is 1. The number of quaternary nitrogens is 1. The summed E-state index contributed by atoms with van der Waals surface area (Å²) in [6.45, 7) is 3.89. The van der Waals surface area contributed by atoms with Gasteiger partial charge < -0.3 is 11.1 Å². The van der Waals surface area contributed by atoms with Gasteiger partial charge in [0.1, 0.15) is 11.8 Å². The Labute approximate surface area is 264 Å². The highest BCUT2D eigenvalue weighted by Gasteiger charge is 2.50. The molecular formula is C37H54N5O2+. The number of carbonyl (C=O) groups excluding carboxylic acids is 2. The molecule has 2 aromatic rings. The molecule has 3 amide bonds. The number of fused-ring (bicyclic) bond motifs is 1. The molecule has 0 spiro atoms. The maximum Gasteiger partial charge on any atom is 0.452 e. The van der Waals surface area contributed by atoms with E-state index in [4.69, 9.17) is 10.8 Å². The van der Waals surface area contributed by atoms with E-state index < -0.39 is 6.04 Å². The van der Waals surface area contributed by atoms with Gasteiger partial charge in [-0.3, -0.25) is 10.1 Å².